The molecule has 0 aliphatic heterocycles. The molecule has 0 N–H and O–H groups in total. The molecule has 1 rings (SSSR count). The first-order valence-electron chi connectivity index (χ1n) is 6.47. The zero-order chi connectivity index (χ0) is 13.4. The number of hydrogen-bond acceptors (Lipinski definition) is 4. The lowest BCUT2D eigenvalue weighted by molar-refractivity contribution is -0.225. The molecule has 1 heterocycles. The standard InChI is InChI=1S/C13H23NO3Si/c1-4-15-12(16-5-2)13(18,17-6-3)11-9-7-8-10-14-11/h7-10,12H,4-6H2,1-3,18H3. The predicted octanol–water partition coefficient (Wildman–Crippen LogP) is 1.04. The summed E-state index contributed by atoms with van der Waals surface area (Å²) >= 11 is 0. The second-order valence-electron chi connectivity index (χ2n) is 4.00. The third-order valence-corrected chi connectivity index (χ3v) is 3.98. The fourth-order valence-electron chi connectivity index (χ4n) is 1.89. The molecule has 0 aromatic carbocycles. The molecule has 0 amide bonds. The van der Waals surface area contributed by atoms with E-state index in [0.717, 1.165) is 15.9 Å². The highest BCUT2D eigenvalue weighted by Gasteiger charge is 2.39. The predicted molar refractivity (Wildman–Crippen MR) is 74.5 cm³/mol. The Kier molecular flexibility index (Phi) is 6.49. The highest BCUT2D eigenvalue weighted by molar-refractivity contribution is 6.15. The Labute approximate surface area is 112 Å². The lowest BCUT2D eigenvalue weighted by atomic mass is 10.2. The summed E-state index contributed by atoms with van der Waals surface area (Å²) in [7, 11) is 0.743. The Bertz CT molecular complexity index is 330. The fourth-order valence-corrected chi connectivity index (χ4v) is 2.81. The number of ether oxygens (including phenoxy) is 3. The summed E-state index contributed by atoms with van der Waals surface area (Å²) in [4.78, 5) is 4.40. The minimum Gasteiger partial charge on any atom is -0.368 e. The Balaban J connectivity index is 3.03. The first kappa shape index (κ1) is 15.3. The minimum absolute atomic E-state index is 0.394. The molecule has 0 bridgehead atoms. The maximum absolute atomic E-state index is 5.93. The molecule has 1 aromatic heterocycles. The van der Waals surface area contributed by atoms with Crippen LogP contribution in [0.4, 0.5) is 0 Å². The number of rotatable bonds is 8. The summed E-state index contributed by atoms with van der Waals surface area (Å²) in [6.07, 6.45) is 1.38. The third-order valence-electron chi connectivity index (χ3n) is 2.70. The van der Waals surface area contributed by atoms with Gasteiger partial charge in [-0.25, -0.2) is 0 Å². The van der Waals surface area contributed by atoms with Gasteiger partial charge >= 0.3 is 0 Å². The van der Waals surface area contributed by atoms with Crippen LogP contribution in [0.2, 0.25) is 0 Å². The van der Waals surface area contributed by atoms with Crippen LogP contribution in [0.3, 0.4) is 0 Å². The van der Waals surface area contributed by atoms with Crippen LogP contribution in [0.15, 0.2) is 24.4 Å². The molecule has 0 saturated heterocycles. The molecule has 0 radical (unpaired) electrons. The van der Waals surface area contributed by atoms with E-state index in [1.807, 2.05) is 39.0 Å². The van der Waals surface area contributed by atoms with E-state index < -0.39 is 11.5 Å². The van der Waals surface area contributed by atoms with Crippen LogP contribution >= 0.6 is 0 Å². The Morgan fingerprint density at radius 2 is 1.83 bits per heavy atom. The second kappa shape index (κ2) is 7.63. The number of hydrogen-bond donors (Lipinski definition) is 0. The quantitative estimate of drug-likeness (QED) is 0.522. The first-order valence-corrected chi connectivity index (χ1v) is 7.47. The molecule has 1 atom stereocenters. The van der Waals surface area contributed by atoms with Crippen LogP contribution in [0.1, 0.15) is 26.5 Å². The van der Waals surface area contributed by atoms with E-state index in [-0.39, 0.29) is 0 Å². The van der Waals surface area contributed by atoms with Gasteiger partial charge in [0.2, 0.25) is 0 Å². The van der Waals surface area contributed by atoms with Crippen LogP contribution in [-0.2, 0) is 19.4 Å². The van der Waals surface area contributed by atoms with Crippen molar-refractivity contribution in [2.45, 2.75) is 32.3 Å². The summed E-state index contributed by atoms with van der Waals surface area (Å²) in [5.41, 5.74) is 0.880. The van der Waals surface area contributed by atoms with Crippen LogP contribution in [-0.4, -0.2) is 41.3 Å². The van der Waals surface area contributed by atoms with E-state index in [9.17, 15) is 0 Å². The van der Waals surface area contributed by atoms with Crippen molar-refractivity contribution in [1.29, 1.82) is 0 Å². The maximum atomic E-state index is 5.93. The van der Waals surface area contributed by atoms with Crippen molar-refractivity contribution in [1.82, 2.24) is 4.98 Å². The van der Waals surface area contributed by atoms with E-state index in [0.29, 0.717) is 19.8 Å². The number of nitrogens with zero attached hydrogens (tertiary/aromatic N) is 1. The van der Waals surface area contributed by atoms with Gasteiger partial charge in [0, 0.05) is 26.0 Å². The molecular formula is C13H23NO3Si. The van der Waals surface area contributed by atoms with E-state index >= 15 is 0 Å². The summed E-state index contributed by atoms with van der Waals surface area (Å²) in [5, 5.41) is -0.554. The summed E-state index contributed by atoms with van der Waals surface area (Å²) in [6, 6.07) is 5.82. The molecule has 5 heteroatoms. The third kappa shape index (κ3) is 3.62. The highest BCUT2D eigenvalue weighted by Crippen LogP contribution is 2.27. The smallest absolute Gasteiger partial charge is 0.187 e. The SMILES string of the molecule is CCOC(OCC)C([SiH3])(OCC)c1ccccn1. The largest absolute Gasteiger partial charge is 0.368 e. The molecule has 0 fully saturated rings. The molecule has 4 nitrogen and oxygen atoms in total. The lowest BCUT2D eigenvalue weighted by Gasteiger charge is -2.36. The van der Waals surface area contributed by atoms with E-state index in [1.165, 1.54) is 0 Å². The molecule has 0 aliphatic rings. The van der Waals surface area contributed by atoms with Gasteiger partial charge in [-0.15, -0.1) is 0 Å². The van der Waals surface area contributed by atoms with Gasteiger partial charge in [0.15, 0.2) is 6.29 Å². The van der Waals surface area contributed by atoms with Crippen LogP contribution in [0.25, 0.3) is 0 Å². The van der Waals surface area contributed by atoms with Crippen molar-refractivity contribution in [2.24, 2.45) is 0 Å². The topological polar surface area (TPSA) is 40.6 Å². The van der Waals surface area contributed by atoms with Gasteiger partial charge in [0.1, 0.15) is 5.22 Å². The monoisotopic (exact) mass is 269 g/mol. The summed E-state index contributed by atoms with van der Waals surface area (Å²) < 4.78 is 17.3. The first-order chi connectivity index (χ1) is 8.69. The van der Waals surface area contributed by atoms with Gasteiger partial charge in [-0.1, -0.05) is 6.07 Å². The number of aromatic nitrogens is 1. The second-order valence-corrected chi connectivity index (χ2v) is 5.48. The average Bonchev–Trinajstić information content (AvgIpc) is 2.40. The lowest BCUT2D eigenvalue weighted by Crippen LogP contribution is -2.46. The van der Waals surface area contributed by atoms with Crippen LogP contribution in [0, 0.1) is 0 Å². The summed E-state index contributed by atoms with van der Waals surface area (Å²) in [5.74, 6) is 0. The van der Waals surface area contributed by atoms with Crippen molar-refractivity contribution in [3.63, 3.8) is 0 Å². The molecule has 0 saturated carbocycles. The molecule has 18 heavy (non-hydrogen) atoms. The van der Waals surface area contributed by atoms with Gasteiger partial charge in [0.05, 0.1) is 15.9 Å². The minimum atomic E-state index is -0.554. The van der Waals surface area contributed by atoms with Gasteiger partial charge in [-0.3, -0.25) is 4.98 Å². The fraction of sp³-hybridized carbons (Fsp3) is 0.615. The number of pyridine rings is 1. The summed E-state index contributed by atoms with van der Waals surface area (Å²) in [6.45, 7) is 7.68. The van der Waals surface area contributed by atoms with Gasteiger partial charge in [-0.2, -0.15) is 0 Å². The Hall–Kier alpha value is -0.753. The molecule has 102 valence electrons. The van der Waals surface area contributed by atoms with Gasteiger partial charge in [0.25, 0.3) is 0 Å². The van der Waals surface area contributed by atoms with Crippen LogP contribution < -0.4 is 0 Å². The van der Waals surface area contributed by atoms with Crippen LogP contribution in [0.5, 0.6) is 0 Å². The van der Waals surface area contributed by atoms with E-state index in [1.54, 1.807) is 6.20 Å². The molecule has 1 unspecified atom stereocenters. The van der Waals surface area contributed by atoms with Gasteiger partial charge < -0.3 is 14.2 Å². The molecule has 0 spiro atoms. The highest BCUT2D eigenvalue weighted by atomic mass is 28.1. The van der Waals surface area contributed by atoms with E-state index in [2.05, 4.69) is 4.98 Å². The molecule has 1 aromatic rings. The van der Waals surface area contributed by atoms with Crippen molar-refractivity contribution >= 4 is 10.2 Å². The zero-order valence-electron chi connectivity index (χ0n) is 11.7. The van der Waals surface area contributed by atoms with Gasteiger partial charge in [-0.05, 0) is 32.9 Å². The van der Waals surface area contributed by atoms with Crippen molar-refractivity contribution in [2.75, 3.05) is 19.8 Å². The maximum Gasteiger partial charge on any atom is 0.187 e. The Morgan fingerprint density at radius 1 is 1.17 bits per heavy atom. The van der Waals surface area contributed by atoms with Crippen molar-refractivity contribution in [3.8, 4) is 0 Å². The normalized spacial score (nSPS) is 14.9. The molecular weight excluding hydrogens is 246 g/mol. The van der Waals surface area contributed by atoms with E-state index in [4.69, 9.17) is 14.2 Å². The zero-order valence-corrected chi connectivity index (χ0v) is 13.7. The van der Waals surface area contributed by atoms with Crippen molar-refractivity contribution in [3.05, 3.63) is 30.1 Å². The van der Waals surface area contributed by atoms with Crippen molar-refractivity contribution < 1.29 is 14.2 Å². The average molecular weight is 269 g/mol. The molecule has 0 aliphatic carbocycles. The Morgan fingerprint density at radius 3 is 2.28 bits per heavy atom.